The maximum atomic E-state index is 12.4. The molecule has 0 radical (unpaired) electrons. The fourth-order valence-corrected chi connectivity index (χ4v) is 2.32. The van der Waals surface area contributed by atoms with Crippen LogP contribution in [0.4, 0.5) is 8.78 Å². The van der Waals surface area contributed by atoms with Crippen LogP contribution in [0.15, 0.2) is 29.3 Å². The zero-order chi connectivity index (χ0) is 19.2. The smallest absolute Gasteiger partial charge is 0.387 e. The minimum absolute atomic E-state index is 0. The average molecular weight is 499 g/mol. The van der Waals surface area contributed by atoms with Gasteiger partial charge < -0.3 is 20.1 Å². The Morgan fingerprint density at radius 1 is 1.15 bits per heavy atom. The number of para-hydroxylation sites is 1. The predicted octanol–water partition coefficient (Wildman–Crippen LogP) is 3.69. The number of alkyl halides is 2. The number of ether oxygens (including phenoxy) is 2. The van der Waals surface area contributed by atoms with Crippen LogP contribution >= 0.6 is 24.0 Å². The summed E-state index contributed by atoms with van der Waals surface area (Å²) in [5.41, 5.74) is 0.624. The van der Waals surface area contributed by atoms with E-state index in [-0.39, 0.29) is 35.7 Å². The van der Waals surface area contributed by atoms with E-state index in [1.165, 1.54) is 13.2 Å². The van der Waals surface area contributed by atoms with Crippen molar-refractivity contribution in [2.45, 2.75) is 45.3 Å². The first-order valence-electron chi connectivity index (χ1n) is 8.61. The molecule has 0 aromatic heterocycles. The van der Waals surface area contributed by atoms with E-state index in [4.69, 9.17) is 0 Å². The van der Waals surface area contributed by atoms with Gasteiger partial charge in [0.1, 0.15) is 5.75 Å². The number of methoxy groups -OCH3 is 1. The van der Waals surface area contributed by atoms with Crippen molar-refractivity contribution in [3.63, 3.8) is 0 Å². The molecule has 0 fully saturated rings. The first kappa shape index (κ1) is 25.4. The number of nitrogens with one attached hydrogen (secondary N) is 2. The quantitative estimate of drug-likeness (QED) is 0.160. The molecule has 2 N–H and O–H groups in total. The molecule has 0 unspecified atom stereocenters. The molecule has 0 saturated heterocycles. The maximum Gasteiger partial charge on any atom is 0.387 e. The number of rotatable bonds is 11. The summed E-state index contributed by atoms with van der Waals surface area (Å²) in [6.07, 6.45) is 4.16. The molecule has 27 heavy (non-hydrogen) atoms. The summed E-state index contributed by atoms with van der Waals surface area (Å²) in [7, 11) is 3.04. The van der Waals surface area contributed by atoms with Crippen LogP contribution in [0.3, 0.4) is 0 Å². The Morgan fingerprint density at radius 3 is 2.52 bits per heavy atom. The van der Waals surface area contributed by atoms with E-state index >= 15 is 0 Å². The highest BCUT2D eigenvalue weighted by atomic mass is 127. The molecule has 1 rings (SSSR count). The molecule has 6 nitrogen and oxygen atoms in total. The van der Waals surface area contributed by atoms with Crippen LogP contribution in [0, 0.1) is 0 Å². The number of hydrogen-bond donors (Lipinski definition) is 2. The van der Waals surface area contributed by atoms with Gasteiger partial charge in [0.15, 0.2) is 5.96 Å². The van der Waals surface area contributed by atoms with E-state index in [9.17, 15) is 13.6 Å². The predicted molar refractivity (Wildman–Crippen MR) is 112 cm³/mol. The summed E-state index contributed by atoms with van der Waals surface area (Å²) in [6.45, 7) is -1.80. The molecule has 0 aliphatic carbocycles. The first-order chi connectivity index (χ1) is 12.6. The highest BCUT2D eigenvalue weighted by Gasteiger charge is 2.09. The lowest BCUT2D eigenvalue weighted by Gasteiger charge is -2.14. The molecule has 0 spiro atoms. The molecule has 9 heteroatoms. The lowest BCUT2D eigenvalue weighted by molar-refractivity contribution is -0.140. The van der Waals surface area contributed by atoms with Crippen LogP contribution < -0.4 is 15.4 Å². The Labute approximate surface area is 176 Å². The number of nitrogens with zero attached hydrogens (tertiary/aromatic N) is 1. The van der Waals surface area contributed by atoms with Gasteiger partial charge in [0.25, 0.3) is 0 Å². The second-order valence-electron chi connectivity index (χ2n) is 5.58. The minimum atomic E-state index is -2.85. The number of hydrogen-bond acceptors (Lipinski definition) is 4. The number of halogens is 3. The largest absolute Gasteiger partial charge is 0.469 e. The van der Waals surface area contributed by atoms with Gasteiger partial charge in [-0.15, -0.1) is 24.0 Å². The highest BCUT2D eigenvalue weighted by Crippen LogP contribution is 2.19. The Balaban J connectivity index is 0.00000676. The molecule has 0 amide bonds. The molecular formula is C18H28F2IN3O3. The number of carbonyl (C=O) groups excluding carboxylic acids is 1. The van der Waals surface area contributed by atoms with Crippen molar-refractivity contribution in [1.29, 1.82) is 0 Å². The number of aliphatic imine (C=N–C) groups is 1. The molecule has 0 atom stereocenters. The van der Waals surface area contributed by atoms with Gasteiger partial charge in [-0.25, -0.2) is 0 Å². The molecule has 0 bridgehead atoms. The fourth-order valence-electron chi connectivity index (χ4n) is 2.32. The number of carbonyl (C=O) groups is 1. The van der Waals surface area contributed by atoms with Crippen LogP contribution in [-0.4, -0.2) is 39.2 Å². The minimum Gasteiger partial charge on any atom is -0.469 e. The van der Waals surface area contributed by atoms with Crippen molar-refractivity contribution < 1.29 is 23.0 Å². The zero-order valence-corrected chi connectivity index (χ0v) is 18.0. The Hall–Kier alpha value is -1.65. The lowest BCUT2D eigenvalue weighted by Crippen LogP contribution is -2.37. The zero-order valence-electron chi connectivity index (χ0n) is 15.7. The molecule has 0 aliphatic rings. The van der Waals surface area contributed by atoms with Crippen LogP contribution in [0.2, 0.25) is 0 Å². The molecule has 1 aromatic rings. The van der Waals surface area contributed by atoms with E-state index < -0.39 is 6.61 Å². The molecule has 1 aromatic carbocycles. The van der Waals surface area contributed by atoms with Gasteiger partial charge in [-0.05, 0) is 18.9 Å². The molecule has 0 aliphatic heterocycles. The summed E-state index contributed by atoms with van der Waals surface area (Å²) in [4.78, 5) is 15.1. The van der Waals surface area contributed by atoms with Crippen molar-refractivity contribution in [2.75, 3.05) is 20.7 Å². The summed E-state index contributed by atoms with van der Waals surface area (Å²) in [5.74, 6) is 0.561. The van der Waals surface area contributed by atoms with E-state index in [1.54, 1.807) is 25.2 Å². The average Bonchev–Trinajstić information content (AvgIpc) is 2.63. The van der Waals surface area contributed by atoms with E-state index in [0.717, 1.165) is 32.2 Å². The van der Waals surface area contributed by atoms with E-state index in [0.29, 0.717) is 24.5 Å². The van der Waals surface area contributed by atoms with Gasteiger partial charge in [0.2, 0.25) is 0 Å². The summed E-state index contributed by atoms with van der Waals surface area (Å²) < 4.78 is 33.9. The number of benzene rings is 1. The van der Waals surface area contributed by atoms with Crippen LogP contribution in [-0.2, 0) is 16.1 Å². The van der Waals surface area contributed by atoms with Crippen molar-refractivity contribution in [2.24, 2.45) is 4.99 Å². The van der Waals surface area contributed by atoms with E-state index in [1.807, 2.05) is 0 Å². The van der Waals surface area contributed by atoms with Crippen LogP contribution in [0.1, 0.15) is 37.7 Å². The second kappa shape index (κ2) is 15.4. The van der Waals surface area contributed by atoms with E-state index in [2.05, 4.69) is 25.1 Å². The number of guanidine groups is 1. The SMILES string of the molecule is CN=C(NCCCCCCC(=O)OC)NCc1ccccc1OC(F)F.I. The first-order valence-corrected chi connectivity index (χ1v) is 8.61. The number of esters is 1. The van der Waals surface area contributed by atoms with Crippen molar-refractivity contribution in [3.05, 3.63) is 29.8 Å². The fraction of sp³-hybridized carbons (Fsp3) is 0.556. The summed E-state index contributed by atoms with van der Waals surface area (Å²) in [5, 5.41) is 6.25. The van der Waals surface area contributed by atoms with Gasteiger partial charge in [-0.3, -0.25) is 9.79 Å². The number of unbranched alkanes of at least 4 members (excludes halogenated alkanes) is 3. The maximum absolute atomic E-state index is 12.4. The van der Waals surface area contributed by atoms with Crippen molar-refractivity contribution in [3.8, 4) is 5.75 Å². The topological polar surface area (TPSA) is 72.0 Å². The third-order valence-corrected chi connectivity index (χ3v) is 3.69. The van der Waals surface area contributed by atoms with Gasteiger partial charge in [-0.1, -0.05) is 31.0 Å². The molecular weight excluding hydrogens is 471 g/mol. The van der Waals surface area contributed by atoms with Crippen LogP contribution in [0.25, 0.3) is 0 Å². The Morgan fingerprint density at radius 2 is 1.85 bits per heavy atom. The lowest BCUT2D eigenvalue weighted by atomic mass is 10.1. The van der Waals surface area contributed by atoms with Gasteiger partial charge >= 0.3 is 12.6 Å². The molecule has 154 valence electrons. The standard InChI is InChI=1S/C18H27F2N3O3.HI/c1-21-18(22-12-8-4-3-5-11-16(24)25-2)23-13-14-9-6-7-10-15(14)26-17(19)20;/h6-7,9-10,17H,3-5,8,11-13H2,1-2H3,(H2,21,22,23);1H. The Kier molecular flexibility index (Phi) is 14.5. The summed E-state index contributed by atoms with van der Waals surface area (Å²) >= 11 is 0. The van der Waals surface area contributed by atoms with Crippen molar-refractivity contribution >= 4 is 35.9 Å². The highest BCUT2D eigenvalue weighted by molar-refractivity contribution is 14.0. The third kappa shape index (κ3) is 11.6. The second-order valence-corrected chi connectivity index (χ2v) is 5.58. The monoisotopic (exact) mass is 499 g/mol. The third-order valence-electron chi connectivity index (χ3n) is 3.69. The van der Waals surface area contributed by atoms with Crippen LogP contribution in [0.5, 0.6) is 5.75 Å². The van der Waals surface area contributed by atoms with Gasteiger partial charge in [0.05, 0.1) is 7.11 Å². The Bertz CT molecular complexity index is 575. The normalized spacial score (nSPS) is 10.9. The molecule has 0 saturated carbocycles. The molecule has 0 heterocycles. The van der Waals surface area contributed by atoms with Gasteiger partial charge in [-0.2, -0.15) is 8.78 Å². The summed E-state index contributed by atoms with van der Waals surface area (Å²) in [6, 6.07) is 6.64. The van der Waals surface area contributed by atoms with Crippen molar-refractivity contribution in [1.82, 2.24) is 10.6 Å². The van der Waals surface area contributed by atoms with Gasteiger partial charge in [0, 0.05) is 32.1 Å².